The van der Waals surface area contributed by atoms with Crippen molar-refractivity contribution in [1.29, 1.82) is 0 Å². The molecule has 0 radical (unpaired) electrons. The Morgan fingerprint density at radius 3 is 2.69 bits per heavy atom. The van der Waals surface area contributed by atoms with Crippen molar-refractivity contribution < 1.29 is 14.7 Å². The van der Waals surface area contributed by atoms with E-state index in [-0.39, 0.29) is 17.9 Å². The number of carboxylic acid groups (broad SMARTS) is 1. The number of carbonyl (C=O) groups is 2. The highest BCUT2D eigenvalue weighted by molar-refractivity contribution is 6.35. The molecule has 1 saturated carbocycles. The third-order valence-electron chi connectivity index (χ3n) is 5.11. The van der Waals surface area contributed by atoms with Gasteiger partial charge in [0.05, 0.1) is 16.6 Å². The van der Waals surface area contributed by atoms with Crippen molar-refractivity contribution in [2.24, 2.45) is 5.92 Å². The molecule has 2 N–H and O–H groups in total. The lowest BCUT2D eigenvalue weighted by atomic mass is 9.80. The fourth-order valence-electron chi connectivity index (χ4n) is 3.66. The van der Waals surface area contributed by atoms with E-state index in [2.05, 4.69) is 10.4 Å². The summed E-state index contributed by atoms with van der Waals surface area (Å²) in [6.07, 6.45) is 3.52. The molecule has 1 amide bonds. The lowest BCUT2D eigenvalue weighted by Gasteiger charge is -2.32. The molecule has 2 aromatic rings. The Kier molecular flexibility index (Phi) is 4.40. The van der Waals surface area contributed by atoms with E-state index < -0.39 is 5.97 Å². The minimum Gasteiger partial charge on any atom is -0.481 e. The first-order valence-corrected chi connectivity index (χ1v) is 9.29. The van der Waals surface area contributed by atoms with Crippen LogP contribution in [0.25, 0.3) is 5.69 Å². The Balaban J connectivity index is 1.60. The number of carbonyl (C=O) groups excluding carboxylic acids is 1. The second kappa shape index (κ2) is 6.59. The van der Waals surface area contributed by atoms with Gasteiger partial charge in [-0.05, 0) is 50.3 Å². The van der Waals surface area contributed by atoms with Crippen molar-refractivity contribution in [3.05, 3.63) is 45.2 Å². The van der Waals surface area contributed by atoms with Gasteiger partial charge in [-0.2, -0.15) is 5.10 Å². The summed E-state index contributed by atoms with van der Waals surface area (Å²) < 4.78 is 1.73. The molecule has 4 rings (SSSR count). The van der Waals surface area contributed by atoms with Gasteiger partial charge in [0.25, 0.3) is 5.91 Å². The number of fused-ring (bicyclic) bond motifs is 1. The third kappa shape index (κ3) is 2.97. The van der Waals surface area contributed by atoms with E-state index in [1.54, 1.807) is 22.9 Å². The summed E-state index contributed by atoms with van der Waals surface area (Å²) in [5, 5.41) is 17.4. The molecule has 0 unspecified atom stereocenters. The van der Waals surface area contributed by atoms with Gasteiger partial charge >= 0.3 is 5.97 Å². The number of carboxylic acids is 1. The molecule has 1 aromatic carbocycles. The van der Waals surface area contributed by atoms with Crippen molar-refractivity contribution in [3.63, 3.8) is 0 Å². The molecule has 0 bridgehead atoms. The predicted molar refractivity (Wildman–Crippen MR) is 97.2 cm³/mol. The second-order valence-corrected chi connectivity index (χ2v) is 7.66. The third-order valence-corrected chi connectivity index (χ3v) is 5.64. The number of benzene rings is 1. The average molecular weight is 394 g/mol. The van der Waals surface area contributed by atoms with Gasteiger partial charge in [-0.25, -0.2) is 4.68 Å². The Morgan fingerprint density at radius 2 is 2.00 bits per heavy atom. The van der Waals surface area contributed by atoms with Gasteiger partial charge in [0.2, 0.25) is 0 Å². The number of amides is 1. The highest BCUT2D eigenvalue weighted by Crippen LogP contribution is 2.32. The molecule has 26 heavy (non-hydrogen) atoms. The van der Waals surface area contributed by atoms with Crippen LogP contribution in [0.15, 0.2) is 18.2 Å². The minimum atomic E-state index is -0.807. The minimum absolute atomic E-state index is 0.107. The van der Waals surface area contributed by atoms with Gasteiger partial charge in [0.15, 0.2) is 5.69 Å². The smallest absolute Gasteiger partial charge is 0.306 e. The lowest BCUT2D eigenvalue weighted by Crippen LogP contribution is -2.47. The zero-order chi connectivity index (χ0) is 18.4. The van der Waals surface area contributed by atoms with E-state index in [4.69, 9.17) is 28.3 Å². The summed E-state index contributed by atoms with van der Waals surface area (Å²) in [4.78, 5) is 23.6. The van der Waals surface area contributed by atoms with Crippen LogP contribution in [0, 0.1) is 5.92 Å². The Morgan fingerprint density at radius 1 is 1.23 bits per heavy atom. The van der Waals surface area contributed by atoms with Crippen LogP contribution in [-0.2, 0) is 17.6 Å². The monoisotopic (exact) mass is 393 g/mol. The van der Waals surface area contributed by atoms with Crippen LogP contribution in [0.1, 0.15) is 41.0 Å². The van der Waals surface area contributed by atoms with Crippen molar-refractivity contribution in [2.45, 2.75) is 38.1 Å². The maximum absolute atomic E-state index is 12.7. The largest absolute Gasteiger partial charge is 0.481 e. The zero-order valence-electron chi connectivity index (χ0n) is 13.8. The molecule has 0 atom stereocenters. The average Bonchev–Trinajstić information content (AvgIpc) is 3.12. The number of aliphatic carboxylic acids is 1. The highest BCUT2D eigenvalue weighted by Gasteiger charge is 2.36. The molecule has 2 aliphatic rings. The summed E-state index contributed by atoms with van der Waals surface area (Å²) in [5.74, 6) is -1.42. The van der Waals surface area contributed by atoms with Crippen molar-refractivity contribution >= 4 is 35.1 Å². The number of nitrogens with zero attached hydrogens (tertiary/aromatic N) is 2. The van der Waals surface area contributed by atoms with Crippen LogP contribution in [0.5, 0.6) is 0 Å². The Labute approximate surface area is 160 Å². The van der Waals surface area contributed by atoms with Gasteiger partial charge in [-0.15, -0.1) is 0 Å². The fraction of sp³-hybridized carbons (Fsp3) is 0.389. The summed E-state index contributed by atoms with van der Waals surface area (Å²) in [7, 11) is 0. The zero-order valence-corrected chi connectivity index (χ0v) is 15.3. The van der Waals surface area contributed by atoms with Crippen molar-refractivity contribution in [3.8, 4) is 5.69 Å². The number of hydrogen-bond donors (Lipinski definition) is 2. The lowest BCUT2D eigenvalue weighted by molar-refractivity contribution is -0.145. The van der Waals surface area contributed by atoms with Crippen LogP contribution in [0.4, 0.5) is 0 Å². The van der Waals surface area contributed by atoms with Crippen molar-refractivity contribution in [1.82, 2.24) is 15.1 Å². The topological polar surface area (TPSA) is 84.2 Å². The van der Waals surface area contributed by atoms with Crippen LogP contribution < -0.4 is 5.32 Å². The molecular formula is C18H17Cl2N3O3. The normalized spacial score (nSPS) is 21.2. The standard InChI is InChI=1S/C18H17Cl2N3O3/c19-10-4-5-15(13(20)8-10)23-14-3-1-2-12(14)16(22-23)17(24)21-11-6-9(7-11)18(25)26/h4-5,8-9,11H,1-3,6-7H2,(H,21,24)(H,25,26). The first kappa shape index (κ1) is 17.4. The molecule has 0 spiro atoms. The van der Waals surface area contributed by atoms with Gasteiger partial charge in [0.1, 0.15) is 0 Å². The molecule has 1 aromatic heterocycles. The first-order valence-electron chi connectivity index (χ1n) is 8.54. The molecule has 8 heteroatoms. The van der Waals surface area contributed by atoms with Crippen molar-refractivity contribution in [2.75, 3.05) is 0 Å². The Hall–Kier alpha value is -2.05. The number of aromatic nitrogens is 2. The summed E-state index contributed by atoms with van der Waals surface area (Å²) in [6.45, 7) is 0. The highest BCUT2D eigenvalue weighted by atomic mass is 35.5. The van der Waals surface area contributed by atoms with Crippen LogP contribution in [-0.4, -0.2) is 32.8 Å². The molecule has 1 fully saturated rings. The van der Waals surface area contributed by atoms with Crippen LogP contribution in [0.2, 0.25) is 10.0 Å². The van der Waals surface area contributed by atoms with E-state index in [0.29, 0.717) is 34.3 Å². The van der Waals surface area contributed by atoms with Gasteiger partial charge in [0, 0.05) is 22.3 Å². The maximum atomic E-state index is 12.7. The molecular weight excluding hydrogens is 377 g/mol. The quantitative estimate of drug-likeness (QED) is 0.834. The molecule has 2 aliphatic carbocycles. The number of rotatable bonds is 4. The van der Waals surface area contributed by atoms with E-state index in [0.717, 1.165) is 30.5 Å². The van der Waals surface area contributed by atoms with E-state index in [1.807, 2.05) is 0 Å². The SMILES string of the molecule is O=C(NC1CC(C(=O)O)C1)c1nn(-c2ccc(Cl)cc2Cl)c2c1CCC2. The maximum Gasteiger partial charge on any atom is 0.306 e. The van der Waals surface area contributed by atoms with E-state index in [1.165, 1.54) is 0 Å². The summed E-state index contributed by atoms with van der Waals surface area (Å²) in [6, 6.07) is 5.08. The van der Waals surface area contributed by atoms with Gasteiger partial charge in [-0.1, -0.05) is 23.2 Å². The van der Waals surface area contributed by atoms with Crippen LogP contribution >= 0.6 is 23.2 Å². The predicted octanol–water partition coefficient (Wildman–Crippen LogP) is 3.26. The number of nitrogens with one attached hydrogen (secondary N) is 1. The number of halogens is 2. The number of hydrogen-bond acceptors (Lipinski definition) is 3. The van der Waals surface area contributed by atoms with Crippen LogP contribution in [0.3, 0.4) is 0 Å². The molecule has 136 valence electrons. The molecule has 0 saturated heterocycles. The molecule has 1 heterocycles. The molecule has 0 aliphatic heterocycles. The fourth-order valence-corrected chi connectivity index (χ4v) is 4.15. The van der Waals surface area contributed by atoms with Gasteiger partial charge < -0.3 is 10.4 Å². The first-order chi connectivity index (χ1) is 12.4. The van der Waals surface area contributed by atoms with Gasteiger partial charge in [-0.3, -0.25) is 9.59 Å². The molecule has 6 nitrogen and oxygen atoms in total. The Bertz CT molecular complexity index is 903. The summed E-state index contributed by atoms with van der Waals surface area (Å²) >= 11 is 12.3. The summed E-state index contributed by atoms with van der Waals surface area (Å²) in [5.41, 5.74) is 3.05. The second-order valence-electron chi connectivity index (χ2n) is 6.81. The van der Waals surface area contributed by atoms with E-state index >= 15 is 0 Å². The van der Waals surface area contributed by atoms with E-state index in [9.17, 15) is 9.59 Å².